The van der Waals surface area contributed by atoms with Crippen molar-refractivity contribution in [2.24, 2.45) is 4.99 Å². The number of carbonyl (C=O) groups excluding carboxylic acids is 1. The van der Waals surface area contributed by atoms with E-state index in [0.717, 1.165) is 15.1 Å². The number of fused-ring (bicyclic) bond motifs is 1. The van der Waals surface area contributed by atoms with Gasteiger partial charge in [-0.2, -0.15) is 4.99 Å². The quantitative estimate of drug-likeness (QED) is 0.608. The van der Waals surface area contributed by atoms with Gasteiger partial charge in [0.15, 0.2) is 4.80 Å². The van der Waals surface area contributed by atoms with Crippen molar-refractivity contribution in [2.75, 3.05) is 0 Å². The fourth-order valence-electron chi connectivity index (χ4n) is 2.42. The number of amides is 1. The van der Waals surface area contributed by atoms with E-state index >= 15 is 0 Å². The summed E-state index contributed by atoms with van der Waals surface area (Å²) in [6, 6.07) is 7.93. The molecule has 2 heterocycles. The smallest absolute Gasteiger partial charge is 0.289 e. The molecule has 1 aromatic carbocycles. The Hall–Kier alpha value is -1.24. The molecule has 0 saturated heterocycles. The van der Waals surface area contributed by atoms with E-state index in [-0.39, 0.29) is 5.91 Å². The Morgan fingerprint density at radius 3 is 2.55 bits per heavy atom. The summed E-state index contributed by atoms with van der Waals surface area (Å²) in [7, 11) is 0. The first-order chi connectivity index (χ1) is 10.5. The highest BCUT2D eigenvalue weighted by Crippen LogP contribution is 2.25. The van der Waals surface area contributed by atoms with Gasteiger partial charge >= 0.3 is 0 Å². The summed E-state index contributed by atoms with van der Waals surface area (Å²) in [6.45, 7) is 7.08. The summed E-state index contributed by atoms with van der Waals surface area (Å²) < 4.78 is 4.28. The summed E-state index contributed by atoms with van der Waals surface area (Å²) in [5.41, 5.74) is 3.62. The topological polar surface area (TPSA) is 34.4 Å². The molecule has 0 atom stereocenters. The van der Waals surface area contributed by atoms with Crippen molar-refractivity contribution in [3.05, 3.63) is 48.9 Å². The Morgan fingerprint density at radius 1 is 1.18 bits per heavy atom. The Kier molecular flexibility index (Phi) is 4.34. The molecule has 0 aliphatic carbocycles. The van der Waals surface area contributed by atoms with E-state index < -0.39 is 0 Å². The van der Waals surface area contributed by atoms with Gasteiger partial charge in [0.1, 0.15) is 0 Å². The van der Waals surface area contributed by atoms with Crippen LogP contribution in [0.5, 0.6) is 0 Å². The van der Waals surface area contributed by atoms with Gasteiger partial charge in [-0.05, 0) is 60.0 Å². The predicted octanol–water partition coefficient (Wildman–Crippen LogP) is 4.90. The van der Waals surface area contributed by atoms with Crippen LogP contribution in [-0.4, -0.2) is 10.5 Å². The van der Waals surface area contributed by atoms with E-state index in [1.807, 2.05) is 6.07 Å². The SMILES string of the molecule is CCn1c(=NC(=O)c2ccc(Br)s2)sc2c(C)ccc(C)c21. The Bertz CT molecular complexity index is 933. The van der Waals surface area contributed by atoms with Gasteiger partial charge in [-0.15, -0.1) is 11.3 Å². The minimum absolute atomic E-state index is 0.181. The van der Waals surface area contributed by atoms with Crippen LogP contribution in [-0.2, 0) is 6.54 Å². The van der Waals surface area contributed by atoms with Crippen LogP contribution < -0.4 is 4.80 Å². The molecule has 3 rings (SSSR count). The molecule has 0 spiro atoms. The monoisotopic (exact) mass is 394 g/mol. The van der Waals surface area contributed by atoms with Crippen LogP contribution in [0.3, 0.4) is 0 Å². The number of aryl methyl sites for hydroxylation is 3. The second kappa shape index (κ2) is 6.10. The van der Waals surface area contributed by atoms with Crippen LogP contribution in [0.2, 0.25) is 0 Å². The first-order valence-corrected chi connectivity index (χ1v) is 9.37. The zero-order valence-corrected chi connectivity index (χ0v) is 15.7. The Labute approximate surface area is 145 Å². The van der Waals surface area contributed by atoms with Crippen LogP contribution in [0.25, 0.3) is 10.2 Å². The number of thiazole rings is 1. The molecule has 0 aliphatic rings. The summed E-state index contributed by atoms with van der Waals surface area (Å²) >= 11 is 6.38. The van der Waals surface area contributed by atoms with Crippen LogP contribution >= 0.6 is 38.6 Å². The average molecular weight is 395 g/mol. The minimum atomic E-state index is -0.181. The molecular formula is C16H15BrN2OS2. The molecule has 0 radical (unpaired) electrons. The highest BCUT2D eigenvalue weighted by Gasteiger charge is 2.12. The average Bonchev–Trinajstić information content (AvgIpc) is 3.07. The van der Waals surface area contributed by atoms with Crippen molar-refractivity contribution in [2.45, 2.75) is 27.3 Å². The molecule has 6 heteroatoms. The lowest BCUT2D eigenvalue weighted by atomic mass is 10.1. The van der Waals surface area contributed by atoms with E-state index in [1.165, 1.54) is 32.7 Å². The van der Waals surface area contributed by atoms with E-state index in [9.17, 15) is 4.79 Å². The van der Waals surface area contributed by atoms with Crippen molar-refractivity contribution in [1.29, 1.82) is 0 Å². The zero-order valence-electron chi connectivity index (χ0n) is 12.5. The fraction of sp³-hybridized carbons (Fsp3) is 0.250. The zero-order chi connectivity index (χ0) is 15.9. The van der Waals surface area contributed by atoms with Gasteiger partial charge in [-0.1, -0.05) is 23.5 Å². The standard InChI is InChI=1S/C16H15BrN2OS2/c1-4-19-13-9(2)5-6-10(3)14(13)22-16(19)18-15(20)11-7-8-12(17)21-11/h5-8H,4H2,1-3H3. The minimum Gasteiger partial charge on any atom is -0.316 e. The molecule has 114 valence electrons. The Balaban J connectivity index is 2.22. The Morgan fingerprint density at radius 2 is 1.91 bits per heavy atom. The second-order valence-electron chi connectivity index (χ2n) is 5.03. The van der Waals surface area contributed by atoms with E-state index in [1.54, 1.807) is 17.4 Å². The maximum atomic E-state index is 12.4. The van der Waals surface area contributed by atoms with Gasteiger partial charge in [0.2, 0.25) is 0 Å². The number of hydrogen-bond donors (Lipinski definition) is 0. The summed E-state index contributed by atoms with van der Waals surface area (Å²) in [5.74, 6) is -0.181. The number of thiophene rings is 1. The number of halogens is 1. The van der Waals surface area contributed by atoms with Gasteiger partial charge in [-0.25, -0.2) is 0 Å². The molecule has 3 aromatic rings. The summed E-state index contributed by atoms with van der Waals surface area (Å²) in [5, 5.41) is 0. The fourth-order valence-corrected chi connectivity index (χ4v) is 4.93. The molecule has 0 aliphatic heterocycles. The number of rotatable bonds is 2. The lowest BCUT2D eigenvalue weighted by Crippen LogP contribution is -2.16. The molecule has 0 bridgehead atoms. The van der Waals surface area contributed by atoms with Gasteiger partial charge in [0.25, 0.3) is 5.91 Å². The number of aromatic nitrogens is 1. The first kappa shape index (κ1) is 15.6. The largest absolute Gasteiger partial charge is 0.316 e. The summed E-state index contributed by atoms with van der Waals surface area (Å²) in [4.78, 5) is 18.1. The van der Waals surface area contributed by atoms with Crippen LogP contribution in [0.15, 0.2) is 33.0 Å². The number of hydrogen-bond acceptors (Lipinski definition) is 3. The van der Waals surface area contributed by atoms with Crippen molar-refractivity contribution >= 4 is 54.7 Å². The maximum absolute atomic E-state index is 12.4. The van der Waals surface area contributed by atoms with Crippen LogP contribution in [0.1, 0.15) is 27.7 Å². The van der Waals surface area contributed by atoms with Crippen LogP contribution in [0, 0.1) is 13.8 Å². The van der Waals surface area contributed by atoms with Crippen molar-refractivity contribution in [3.8, 4) is 0 Å². The van der Waals surface area contributed by atoms with E-state index in [0.29, 0.717) is 4.88 Å². The molecule has 0 fully saturated rings. The van der Waals surface area contributed by atoms with Gasteiger partial charge < -0.3 is 4.57 Å². The van der Waals surface area contributed by atoms with Crippen LogP contribution in [0.4, 0.5) is 0 Å². The van der Waals surface area contributed by atoms with Crippen molar-refractivity contribution in [1.82, 2.24) is 4.57 Å². The molecular weight excluding hydrogens is 380 g/mol. The molecule has 3 nitrogen and oxygen atoms in total. The molecule has 0 N–H and O–H groups in total. The third-order valence-corrected chi connectivity index (χ3v) is 6.35. The number of benzene rings is 1. The van der Waals surface area contributed by atoms with Gasteiger partial charge in [0.05, 0.1) is 18.9 Å². The van der Waals surface area contributed by atoms with E-state index in [4.69, 9.17) is 0 Å². The predicted molar refractivity (Wildman–Crippen MR) is 96.9 cm³/mol. The third kappa shape index (κ3) is 2.71. The maximum Gasteiger partial charge on any atom is 0.289 e. The van der Waals surface area contributed by atoms with Gasteiger partial charge in [0, 0.05) is 6.54 Å². The first-order valence-electron chi connectivity index (χ1n) is 6.95. The van der Waals surface area contributed by atoms with Crippen molar-refractivity contribution in [3.63, 3.8) is 0 Å². The highest BCUT2D eigenvalue weighted by molar-refractivity contribution is 9.11. The molecule has 0 unspecified atom stereocenters. The normalized spacial score (nSPS) is 12.3. The lowest BCUT2D eigenvalue weighted by Gasteiger charge is -2.04. The number of carbonyl (C=O) groups is 1. The molecule has 2 aromatic heterocycles. The molecule has 22 heavy (non-hydrogen) atoms. The second-order valence-corrected chi connectivity index (χ2v) is 8.47. The number of nitrogens with zero attached hydrogens (tertiary/aromatic N) is 2. The summed E-state index contributed by atoms with van der Waals surface area (Å²) in [6.07, 6.45) is 0. The van der Waals surface area contributed by atoms with Gasteiger partial charge in [-0.3, -0.25) is 4.79 Å². The van der Waals surface area contributed by atoms with E-state index in [2.05, 4.69) is 58.4 Å². The molecule has 1 amide bonds. The highest BCUT2D eigenvalue weighted by atomic mass is 79.9. The molecule has 0 saturated carbocycles. The lowest BCUT2D eigenvalue weighted by molar-refractivity contribution is 0.100. The van der Waals surface area contributed by atoms with Crippen molar-refractivity contribution < 1.29 is 4.79 Å². The third-order valence-electron chi connectivity index (χ3n) is 3.52.